The molecule has 1 fully saturated rings. The summed E-state index contributed by atoms with van der Waals surface area (Å²) in [6.45, 7) is 3.71. The van der Waals surface area contributed by atoms with E-state index in [9.17, 15) is 4.79 Å². The SMILES string of the molecule is CC1CCN(C(=O)c2cc(Cl)c(C#N)c(Cl)c2)CC1. The van der Waals surface area contributed by atoms with Gasteiger partial charge in [-0.3, -0.25) is 4.79 Å². The molecule has 1 aromatic rings. The normalized spacial score (nSPS) is 16.2. The van der Waals surface area contributed by atoms with Crippen molar-refractivity contribution in [1.82, 2.24) is 4.90 Å². The van der Waals surface area contributed by atoms with Crippen molar-refractivity contribution in [3.05, 3.63) is 33.3 Å². The highest BCUT2D eigenvalue weighted by molar-refractivity contribution is 6.37. The largest absolute Gasteiger partial charge is 0.339 e. The van der Waals surface area contributed by atoms with Crippen LogP contribution in [0.15, 0.2) is 12.1 Å². The van der Waals surface area contributed by atoms with Crippen molar-refractivity contribution in [3.63, 3.8) is 0 Å². The summed E-state index contributed by atoms with van der Waals surface area (Å²) in [4.78, 5) is 14.1. The molecule has 0 bridgehead atoms. The number of carbonyl (C=O) groups is 1. The fourth-order valence-corrected chi connectivity index (χ4v) is 2.77. The lowest BCUT2D eigenvalue weighted by molar-refractivity contribution is 0.0697. The van der Waals surface area contributed by atoms with E-state index in [1.54, 1.807) is 0 Å². The van der Waals surface area contributed by atoms with Crippen LogP contribution >= 0.6 is 23.2 Å². The van der Waals surface area contributed by atoms with E-state index < -0.39 is 0 Å². The molecule has 1 heterocycles. The minimum atomic E-state index is -0.0693. The zero-order valence-corrected chi connectivity index (χ0v) is 12.1. The average molecular weight is 297 g/mol. The molecule has 0 atom stereocenters. The third-order valence-electron chi connectivity index (χ3n) is 3.47. The smallest absolute Gasteiger partial charge is 0.253 e. The Labute approximate surface area is 122 Å². The Morgan fingerprint density at radius 2 is 1.84 bits per heavy atom. The predicted octanol–water partition coefficient (Wildman–Crippen LogP) is 3.74. The summed E-state index contributed by atoms with van der Waals surface area (Å²) in [6.07, 6.45) is 2.03. The molecule has 19 heavy (non-hydrogen) atoms. The van der Waals surface area contributed by atoms with Crippen molar-refractivity contribution in [2.45, 2.75) is 19.8 Å². The van der Waals surface area contributed by atoms with Crippen molar-refractivity contribution >= 4 is 29.1 Å². The molecule has 0 unspecified atom stereocenters. The first-order valence-corrected chi connectivity index (χ1v) is 6.97. The van der Waals surface area contributed by atoms with Gasteiger partial charge in [0.25, 0.3) is 5.91 Å². The van der Waals surface area contributed by atoms with Gasteiger partial charge in [-0.25, -0.2) is 0 Å². The molecule has 0 radical (unpaired) electrons. The number of likely N-dealkylation sites (tertiary alicyclic amines) is 1. The van der Waals surface area contributed by atoms with Crippen LogP contribution in [0, 0.1) is 17.2 Å². The number of rotatable bonds is 1. The van der Waals surface area contributed by atoms with Gasteiger partial charge in [0.15, 0.2) is 0 Å². The van der Waals surface area contributed by atoms with Crippen molar-refractivity contribution in [2.24, 2.45) is 5.92 Å². The number of piperidine rings is 1. The molecule has 1 aliphatic heterocycles. The van der Waals surface area contributed by atoms with E-state index in [0.29, 0.717) is 11.5 Å². The van der Waals surface area contributed by atoms with Crippen LogP contribution in [-0.4, -0.2) is 23.9 Å². The van der Waals surface area contributed by atoms with Gasteiger partial charge in [-0.1, -0.05) is 30.1 Å². The molecule has 1 saturated heterocycles. The molecule has 0 aromatic heterocycles. The Hall–Kier alpha value is -1.24. The van der Waals surface area contributed by atoms with Crippen LogP contribution in [0.3, 0.4) is 0 Å². The molecule has 100 valence electrons. The summed E-state index contributed by atoms with van der Waals surface area (Å²) >= 11 is 11.9. The van der Waals surface area contributed by atoms with E-state index >= 15 is 0 Å². The van der Waals surface area contributed by atoms with Gasteiger partial charge >= 0.3 is 0 Å². The second kappa shape index (κ2) is 5.81. The maximum atomic E-state index is 12.3. The lowest BCUT2D eigenvalue weighted by Gasteiger charge is -2.30. The monoisotopic (exact) mass is 296 g/mol. The Balaban J connectivity index is 2.23. The van der Waals surface area contributed by atoms with Gasteiger partial charge in [0.1, 0.15) is 6.07 Å². The highest BCUT2D eigenvalue weighted by Crippen LogP contribution is 2.27. The fourth-order valence-electron chi connectivity index (χ4n) is 2.20. The first kappa shape index (κ1) is 14.2. The minimum Gasteiger partial charge on any atom is -0.339 e. The first-order valence-electron chi connectivity index (χ1n) is 6.21. The van der Waals surface area contributed by atoms with Crippen molar-refractivity contribution < 1.29 is 4.79 Å². The molecule has 1 amide bonds. The summed E-state index contributed by atoms with van der Waals surface area (Å²) < 4.78 is 0. The number of nitrogens with zero attached hydrogens (tertiary/aromatic N) is 2. The van der Waals surface area contributed by atoms with E-state index in [2.05, 4.69) is 6.92 Å². The number of halogens is 2. The highest BCUT2D eigenvalue weighted by atomic mass is 35.5. The second-order valence-electron chi connectivity index (χ2n) is 4.90. The molecular formula is C14H14Cl2N2O. The summed E-state index contributed by atoms with van der Waals surface area (Å²) in [5.41, 5.74) is 0.663. The molecule has 2 rings (SSSR count). The number of nitriles is 1. The Bertz CT molecular complexity index is 520. The first-order chi connectivity index (χ1) is 9.02. The molecule has 0 N–H and O–H groups in total. The van der Waals surface area contributed by atoms with Crippen LogP contribution in [0.5, 0.6) is 0 Å². The van der Waals surface area contributed by atoms with E-state index in [0.717, 1.165) is 25.9 Å². The van der Waals surface area contributed by atoms with Crippen molar-refractivity contribution in [2.75, 3.05) is 13.1 Å². The number of benzene rings is 1. The van der Waals surface area contributed by atoms with Gasteiger partial charge < -0.3 is 4.90 Å². The highest BCUT2D eigenvalue weighted by Gasteiger charge is 2.22. The van der Waals surface area contributed by atoms with Gasteiger partial charge in [0.2, 0.25) is 0 Å². The van der Waals surface area contributed by atoms with Crippen molar-refractivity contribution in [1.29, 1.82) is 5.26 Å². The Morgan fingerprint density at radius 3 is 2.32 bits per heavy atom. The quantitative estimate of drug-likeness (QED) is 0.792. The number of hydrogen-bond donors (Lipinski definition) is 0. The third-order valence-corrected chi connectivity index (χ3v) is 4.07. The van der Waals surface area contributed by atoms with E-state index in [1.165, 1.54) is 12.1 Å². The van der Waals surface area contributed by atoms with Crippen molar-refractivity contribution in [3.8, 4) is 6.07 Å². The second-order valence-corrected chi connectivity index (χ2v) is 5.72. The molecule has 1 aliphatic rings. The molecule has 0 spiro atoms. The number of carbonyl (C=O) groups excluding carboxylic acids is 1. The molecule has 0 saturated carbocycles. The van der Waals surface area contributed by atoms with Crippen LogP contribution in [0.4, 0.5) is 0 Å². The zero-order valence-electron chi connectivity index (χ0n) is 10.6. The molecule has 1 aromatic carbocycles. The number of amides is 1. The summed E-state index contributed by atoms with van der Waals surface area (Å²) in [5, 5.41) is 9.34. The molecule has 0 aliphatic carbocycles. The average Bonchev–Trinajstić information content (AvgIpc) is 2.38. The van der Waals surface area contributed by atoms with Gasteiger partial charge in [0, 0.05) is 18.7 Å². The van der Waals surface area contributed by atoms with Crippen LogP contribution in [0.2, 0.25) is 10.0 Å². The Morgan fingerprint density at radius 1 is 1.32 bits per heavy atom. The summed E-state index contributed by atoms with van der Waals surface area (Å²) in [5.74, 6) is 0.595. The van der Waals surface area contributed by atoms with Gasteiger partial charge in [-0.2, -0.15) is 5.26 Å². The van der Waals surface area contributed by atoms with E-state index in [-0.39, 0.29) is 21.5 Å². The lowest BCUT2D eigenvalue weighted by atomic mass is 9.98. The standard InChI is InChI=1S/C14H14Cl2N2O/c1-9-2-4-18(5-3-9)14(19)10-6-12(15)11(8-17)13(16)7-10/h6-7,9H,2-5H2,1H3. The van der Waals surface area contributed by atoms with Gasteiger partial charge in [0.05, 0.1) is 15.6 Å². The van der Waals surface area contributed by atoms with Crippen LogP contribution in [0.1, 0.15) is 35.7 Å². The van der Waals surface area contributed by atoms with Crippen LogP contribution in [-0.2, 0) is 0 Å². The number of hydrogen-bond acceptors (Lipinski definition) is 2. The zero-order chi connectivity index (χ0) is 14.0. The van der Waals surface area contributed by atoms with Gasteiger partial charge in [-0.05, 0) is 30.9 Å². The maximum Gasteiger partial charge on any atom is 0.253 e. The molecule has 5 heteroatoms. The van der Waals surface area contributed by atoms with Crippen LogP contribution in [0.25, 0.3) is 0 Å². The van der Waals surface area contributed by atoms with Crippen LogP contribution < -0.4 is 0 Å². The summed E-state index contributed by atoms with van der Waals surface area (Å²) in [7, 11) is 0. The van der Waals surface area contributed by atoms with E-state index in [1.807, 2.05) is 11.0 Å². The fraction of sp³-hybridized carbons (Fsp3) is 0.429. The summed E-state index contributed by atoms with van der Waals surface area (Å²) in [6, 6.07) is 4.97. The lowest BCUT2D eigenvalue weighted by Crippen LogP contribution is -2.37. The molecule has 3 nitrogen and oxygen atoms in total. The Kier molecular flexibility index (Phi) is 4.34. The topological polar surface area (TPSA) is 44.1 Å². The predicted molar refractivity (Wildman–Crippen MR) is 75.5 cm³/mol. The minimum absolute atomic E-state index is 0.0693. The van der Waals surface area contributed by atoms with E-state index in [4.69, 9.17) is 28.5 Å². The van der Waals surface area contributed by atoms with Gasteiger partial charge in [-0.15, -0.1) is 0 Å². The molecular weight excluding hydrogens is 283 g/mol. The maximum absolute atomic E-state index is 12.3. The third kappa shape index (κ3) is 3.02.